The fourth-order valence-electron chi connectivity index (χ4n) is 2.02. The Kier molecular flexibility index (Phi) is 6.74. The van der Waals surface area contributed by atoms with Crippen LogP contribution < -0.4 is 14.8 Å². The first-order chi connectivity index (χ1) is 12.2. The van der Waals surface area contributed by atoms with Crippen LogP contribution in [0.1, 0.15) is 13.8 Å². The van der Waals surface area contributed by atoms with Gasteiger partial charge < -0.3 is 10.1 Å². The standard InChI is InChI=1S/C17H18BrFN2O4S/c1-11(2)21-26(23,24)14-6-4-13(5-7-14)25-10-17(22)20-16-8-3-12(18)9-15(16)19/h3-9,11,21H,10H2,1-2H3,(H,20,22). The van der Waals surface area contributed by atoms with Gasteiger partial charge in [0.05, 0.1) is 10.6 Å². The molecule has 2 N–H and O–H groups in total. The van der Waals surface area contributed by atoms with Crippen LogP contribution in [0.2, 0.25) is 0 Å². The Labute approximate surface area is 159 Å². The number of ether oxygens (including phenoxy) is 1. The van der Waals surface area contributed by atoms with Crippen LogP contribution in [0.25, 0.3) is 0 Å². The van der Waals surface area contributed by atoms with E-state index in [0.29, 0.717) is 10.2 Å². The van der Waals surface area contributed by atoms with Gasteiger partial charge in [-0.1, -0.05) is 15.9 Å². The average Bonchev–Trinajstić information content (AvgIpc) is 2.55. The van der Waals surface area contributed by atoms with Crippen molar-refractivity contribution in [2.45, 2.75) is 24.8 Å². The van der Waals surface area contributed by atoms with Crippen LogP contribution in [0.4, 0.5) is 10.1 Å². The third kappa shape index (κ3) is 5.79. The Balaban J connectivity index is 1.94. The molecule has 1 amide bonds. The van der Waals surface area contributed by atoms with Gasteiger partial charge >= 0.3 is 0 Å². The molecule has 0 saturated carbocycles. The summed E-state index contributed by atoms with van der Waals surface area (Å²) in [5.74, 6) is -0.788. The van der Waals surface area contributed by atoms with Gasteiger partial charge in [-0.3, -0.25) is 4.79 Å². The first-order valence-corrected chi connectivity index (χ1v) is 9.95. The maximum absolute atomic E-state index is 13.7. The quantitative estimate of drug-likeness (QED) is 0.685. The molecule has 0 aromatic heterocycles. The molecule has 140 valence electrons. The summed E-state index contributed by atoms with van der Waals surface area (Å²) in [6.07, 6.45) is 0. The lowest BCUT2D eigenvalue weighted by Gasteiger charge is -2.11. The van der Waals surface area contributed by atoms with Crippen molar-refractivity contribution in [1.29, 1.82) is 0 Å². The molecule has 9 heteroatoms. The second kappa shape index (κ2) is 8.61. The van der Waals surface area contributed by atoms with Gasteiger partial charge in [0.15, 0.2) is 6.61 Å². The van der Waals surface area contributed by atoms with Crippen molar-refractivity contribution >= 4 is 37.5 Å². The zero-order valence-electron chi connectivity index (χ0n) is 14.1. The molecule has 0 spiro atoms. The third-order valence-electron chi connectivity index (χ3n) is 3.10. The van der Waals surface area contributed by atoms with E-state index in [1.165, 1.54) is 36.4 Å². The minimum Gasteiger partial charge on any atom is -0.484 e. The van der Waals surface area contributed by atoms with Gasteiger partial charge in [-0.15, -0.1) is 0 Å². The molecule has 0 aliphatic rings. The van der Waals surface area contributed by atoms with Gasteiger partial charge in [0.25, 0.3) is 5.91 Å². The minimum absolute atomic E-state index is 0.0444. The lowest BCUT2D eigenvalue weighted by atomic mass is 10.3. The SMILES string of the molecule is CC(C)NS(=O)(=O)c1ccc(OCC(=O)Nc2ccc(Br)cc2F)cc1. The maximum Gasteiger partial charge on any atom is 0.262 e. The smallest absolute Gasteiger partial charge is 0.262 e. The molecule has 0 aliphatic carbocycles. The van der Waals surface area contributed by atoms with E-state index in [4.69, 9.17) is 4.74 Å². The van der Waals surface area contributed by atoms with Gasteiger partial charge in [-0.25, -0.2) is 17.5 Å². The topological polar surface area (TPSA) is 84.5 Å². The lowest BCUT2D eigenvalue weighted by Crippen LogP contribution is -2.30. The summed E-state index contributed by atoms with van der Waals surface area (Å²) < 4.78 is 46.0. The predicted molar refractivity (Wildman–Crippen MR) is 100 cm³/mol. The molecule has 0 unspecified atom stereocenters. The van der Waals surface area contributed by atoms with E-state index in [1.807, 2.05) is 0 Å². The molecular weight excluding hydrogens is 427 g/mol. The molecule has 2 aromatic rings. The second-order valence-electron chi connectivity index (χ2n) is 5.71. The summed E-state index contributed by atoms with van der Waals surface area (Å²) in [4.78, 5) is 11.9. The largest absolute Gasteiger partial charge is 0.484 e. The number of carbonyl (C=O) groups is 1. The molecule has 2 rings (SSSR count). The Hall–Kier alpha value is -1.97. The molecule has 6 nitrogen and oxygen atoms in total. The van der Waals surface area contributed by atoms with Crippen LogP contribution in [0.3, 0.4) is 0 Å². The molecule has 0 aliphatic heterocycles. The monoisotopic (exact) mass is 444 g/mol. The normalized spacial score (nSPS) is 11.4. The van der Waals surface area contributed by atoms with Crippen molar-refractivity contribution in [2.75, 3.05) is 11.9 Å². The van der Waals surface area contributed by atoms with Crippen LogP contribution in [-0.4, -0.2) is 27.0 Å². The highest BCUT2D eigenvalue weighted by Gasteiger charge is 2.15. The van der Waals surface area contributed by atoms with Gasteiger partial charge in [-0.05, 0) is 56.3 Å². The van der Waals surface area contributed by atoms with Gasteiger partial charge in [0.2, 0.25) is 10.0 Å². The van der Waals surface area contributed by atoms with Crippen LogP contribution >= 0.6 is 15.9 Å². The number of benzene rings is 2. The van der Waals surface area contributed by atoms with Crippen molar-refractivity contribution in [3.8, 4) is 5.75 Å². The molecule has 0 atom stereocenters. The number of hydrogen-bond acceptors (Lipinski definition) is 4. The predicted octanol–water partition coefficient (Wildman–Crippen LogP) is 3.29. The molecule has 0 radical (unpaired) electrons. The van der Waals surface area contributed by atoms with Crippen LogP contribution in [0.5, 0.6) is 5.75 Å². The third-order valence-corrected chi connectivity index (χ3v) is 5.27. The molecule has 0 saturated heterocycles. The summed E-state index contributed by atoms with van der Waals surface area (Å²) in [5.41, 5.74) is 0.0444. The summed E-state index contributed by atoms with van der Waals surface area (Å²) in [7, 11) is -3.59. The fraction of sp³-hybridized carbons (Fsp3) is 0.235. The highest BCUT2D eigenvalue weighted by Crippen LogP contribution is 2.20. The molecule has 0 fully saturated rings. The maximum atomic E-state index is 13.7. The summed E-state index contributed by atoms with van der Waals surface area (Å²) in [5, 5.41) is 2.40. The Bertz CT molecular complexity index is 886. The van der Waals surface area contributed by atoms with Gasteiger partial charge in [0.1, 0.15) is 11.6 Å². The number of halogens is 2. The van der Waals surface area contributed by atoms with Crippen molar-refractivity contribution < 1.29 is 22.3 Å². The van der Waals surface area contributed by atoms with Crippen LogP contribution in [0, 0.1) is 5.82 Å². The lowest BCUT2D eigenvalue weighted by molar-refractivity contribution is -0.118. The van der Waals surface area contributed by atoms with E-state index in [1.54, 1.807) is 19.9 Å². The summed E-state index contributed by atoms with van der Waals surface area (Å²) >= 11 is 3.13. The van der Waals surface area contributed by atoms with E-state index >= 15 is 0 Å². The van der Waals surface area contributed by atoms with Crippen molar-refractivity contribution in [3.05, 3.63) is 52.8 Å². The van der Waals surface area contributed by atoms with E-state index in [9.17, 15) is 17.6 Å². The zero-order valence-corrected chi connectivity index (χ0v) is 16.5. The van der Waals surface area contributed by atoms with Gasteiger partial charge in [-0.2, -0.15) is 0 Å². The molecule has 2 aromatic carbocycles. The molecule has 0 bridgehead atoms. The first kappa shape index (κ1) is 20.3. The van der Waals surface area contributed by atoms with Gasteiger partial charge in [0, 0.05) is 10.5 Å². The Morgan fingerprint density at radius 2 is 1.85 bits per heavy atom. The summed E-state index contributed by atoms with van der Waals surface area (Å²) in [6, 6.07) is 9.70. The number of sulfonamides is 1. The van der Waals surface area contributed by atoms with Crippen LogP contribution in [0.15, 0.2) is 51.8 Å². The van der Waals surface area contributed by atoms with Crippen molar-refractivity contribution in [3.63, 3.8) is 0 Å². The molecule has 26 heavy (non-hydrogen) atoms. The number of hydrogen-bond donors (Lipinski definition) is 2. The molecule has 0 heterocycles. The second-order valence-corrected chi connectivity index (χ2v) is 8.34. The highest BCUT2D eigenvalue weighted by molar-refractivity contribution is 9.10. The summed E-state index contributed by atoms with van der Waals surface area (Å²) in [6.45, 7) is 3.11. The van der Waals surface area contributed by atoms with E-state index in [-0.39, 0.29) is 23.2 Å². The van der Waals surface area contributed by atoms with Crippen molar-refractivity contribution in [1.82, 2.24) is 4.72 Å². The first-order valence-electron chi connectivity index (χ1n) is 7.67. The molecular formula is C17H18BrFN2O4S. The van der Waals surface area contributed by atoms with E-state index < -0.39 is 21.7 Å². The Morgan fingerprint density at radius 1 is 1.19 bits per heavy atom. The minimum atomic E-state index is -3.59. The zero-order chi connectivity index (χ0) is 19.3. The number of carbonyl (C=O) groups excluding carboxylic acids is 1. The van der Waals surface area contributed by atoms with E-state index in [0.717, 1.165) is 0 Å². The number of nitrogens with one attached hydrogen (secondary N) is 2. The number of anilines is 1. The van der Waals surface area contributed by atoms with E-state index in [2.05, 4.69) is 26.0 Å². The fourth-order valence-corrected chi connectivity index (χ4v) is 3.60. The average molecular weight is 445 g/mol. The van der Waals surface area contributed by atoms with Crippen molar-refractivity contribution in [2.24, 2.45) is 0 Å². The number of rotatable bonds is 7. The van der Waals surface area contributed by atoms with Crippen LogP contribution in [-0.2, 0) is 14.8 Å². The Morgan fingerprint density at radius 3 is 2.42 bits per heavy atom. The number of amides is 1. The highest BCUT2D eigenvalue weighted by atomic mass is 79.9.